The predicted molar refractivity (Wildman–Crippen MR) is 122 cm³/mol. The number of nitrogens with one attached hydrogen (secondary N) is 1. The first-order valence-electron chi connectivity index (χ1n) is 9.90. The lowest BCUT2D eigenvalue weighted by molar-refractivity contribution is 0.465. The Balaban J connectivity index is 1.47. The van der Waals surface area contributed by atoms with Crippen molar-refractivity contribution in [3.05, 3.63) is 65.0 Å². The van der Waals surface area contributed by atoms with E-state index in [1.54, 1.807) is 0 Å². The van der Waals surface area contributed by atoms with Crippen LogP contribution in [0.4, 0.5) is 17.6 Å². The summed E-state index contributed by atoms with van der Waals surface area (Å²) in [6.07, 6.45) is 0.895. The molecule has 0 aliphatic rings. The first kappa shape index (κ1) is 20.8. The van der Waals surface area contributed by atoms with Crippen molar-refractivity contribution in [3.8, 4) is 11.5 Å². The minimum absolute atomic E-state index is 0.156. The van der Waals surface area contributed by atoms with Gasteiger partial charge >= 0.3 is 0 Å². The number of hydrogen-bond acceptors (Lipinski definition) is 9. The van der Waals surface area contributed by atoms with Crippen LogP contribution < -0.4 is 11.1 Å². The van der Waals surface area contributed by atoms with Crippen LogP contribution in [0.5, 0.6) is 0 Å². The van der Waals surface area contributed by atoms with E-state index < -0.39 is 0 Å². The fourth-order valence-corrected chi connectivity index (χ4v) is 3.86. The smallest absolute Gasteiger partial charge is 0.277 e. The molecule has 2 heterocycles. The molecule has 0 saturated heterocycles. The van der Waals surface area contributed by atoms with Gasteiger partial charge < -0.3 is 15.5 Å². The van der Waals surface area contributed by atoms with Crippen LogP contribution in [-0.2, 0) is 12.2 Å². The molecule has 0 aliphatic carbocycles. The maximum absolute atomic E-state index is 5.90. The van der Waals surface area contributed by atoms with Crippen LogP contribution >= 0.6 is 11.8 Å². The molecule has 0 amide bonds. The van der Waals surface area contributed by atoms with Crippen molar-refractivity contribution in [1.82, 2.24) is 25.1 Å². The highest BCUT2D eigenvalue weighted by atomic mass is 32.2. The van der Waals surface area contributed by atoms with E-state index in [0.29, 0.717) is 28.6 Å². The third-order valence-corrected chi connectivity index (χ3v) is 5.36. The van der Waals surface area contributed by atoms with Gasteiger partial charge in [0.15, 0.2) is 0 Å². The summed E-state index contributed by atoms with van der Waals surface area (Å²) in [6, 6.07) is 14.2. The summed E-state index contributed by atoms with van der Waals surface area (Å²) in [4.78, 5) is 12.9. The monoisotopic (exact) mass is 433 g/mol. The molecule has 3 N–H and O–H groups in total. The third-order valence-electron chi connectivity index (χ3n) is 4.54. The minimum atomic E-state index is 0.156. The van der Waals surface area contributed by atoms with Crippen LogP contribution in [0.15, 0.2) is 52.1 Å². The highest BCUT2D eigenvalue weighted by molar-refractivity contribution is 7.98. The Bertz CT molecular complexity index is 1190. The summed E-state index contributed by atoms with van der Waals surface area (Å²) in [5.41, 5.74) is 11.2. The lowest BCUT2D eigenvalue weighted by atomic mass is 10.1. The summed E-state index contributed by atoms with van der Waals surface area (Å²) >= 11 is 1.35. The standard InChI is InChI=1S/C22H23N7OS/c1-4-15-7-5-6-8-17(15)24-21-26-18(25-20(23)27-21)12-31-22-29-28-19(30-22)16-10-13(2)9-14(3)11-16/h5-11H,4,12H2,1-3H3,(H3,23,24,25,26,27). The van der Waals surface area contributed by atoms with Gasteiger partial charge in [0, 0.05) is 11.3 Å². The zero-order chi connectivity index (χ0) is 21.8. The largest absolute Gasteiger partial charge is 0.411 e. The molecule has 2 aromatic carbocycles. The zero-order valence-electron chi connectivity index (χ0n) is 17.6. The van der Waals surface area contributed by atoms with Gasteiger partial charge in [-0.3, -0.25) is 0 Å². The molecule has 8 nitrogen and oxygen atoms in total. The number of anilines is 3. The van der Waals surface area contributed by atoms with Crippen molar-refractivity contribution >= 4 is 29.3 Å². The number of thioether (sulfide) groups is 1. The van der Waals surface area contributed by atoms with Crippen molar-refractivity contribution in [2.24, 2.45) is 0 Å². The molecule has 0 radical (unpaired) electrons. The fraction of sp³-hybridized carbons (Fsp3) is 0.227. The summed E-state index contributed by atoms with van der Waals surface area (Å²) in [5, 5.41) is 12.0. The Hall–Kier alpha value is -3.46. The molecule has 4 rings (SSSR count). The highest BCUT2D eigenvalue weighted by Gasteiger charge is 2.12. The number of para-hydroxylation sites is 1. The average Bonchev–Trinajstić information content (AvgIpc) is 3.21. The second kappa shape index (κ2) is 9.13. The maximum atomic E-state index is 5.90. The Morgan fingerprint density at radius 3 is 2.55 bits per heavy atom. The molecule has 0 spiro atoms. The van der Waals surface area contributed by atoms with Gasteiger partial charge in [0.1, 0.15) is 5.82 Å². The first-order valence-corrected chi connectivity index (χ1v) is 10.9. The van der Waals surface area contributed by atoms with Gasteiger partial charge in [-0.15, -0.1) is 10.2 Å². The van der Waals surface area contributed by atoms with E-state index >= 15 is 0 Å². The van der Waals surface area contributed by atoms with Crippen molar-refractivity contribution in [3.63, 3.8) is 0 Å². The Kier molecular flexibility index (Phi) is 6.13. The van der Waals surface area contributed by atoms with Crippen LogP contribution in [-0.4, -0.2) is 25.1 Å². The highest BCUT2D eigenvalue weighted by Crippen LogP contribution is 2.27. The Morgan fingerprint density at radius 2 is 1.77 bits per heavy atom. The number of rotatable bonds is 7. The van der Waals surface area contributed by atoms with Crippen LogP contribution in [0.25, 0.3) is 11.5 Å². The van der Waals surface area contributed by atoms with Crippen LogP contribution in [0.3, 0.4) is 0 Å². The number of nitrogen functional groups attached to an aromatic ring is 1. The van der Waals surface area contributed by atoms with Gasteiger partial charge in [-0.05, 0) is 44.0 Å². The number of aryl methyl sites for hydroxylation is 3. The molecule has 31 heavy (non-hydrogen) atoms. The molecule has 0 unspecified atom stereocenters. The molecule has 9 heteroatoms. The molecular weight excluding hydrogens is 410 g/mol. The molecule has 2 aromatic heterocycles. The lowest BCUT2D eigenvalue weighted by Crippen LogP contribution is -2.07. The summed E-state index contributed by atoms with van der Waals surface area (Å²) in [7, 11) is 0. The molecule has 0 atom stereocenters. The van der Waals surface area contributed by atoms with Crippen molar-refractivity contribution < 1.29 is 4.42 Å². The van der Waals surface area contributed by atoms with Gasteiger partial charge in [0.2, 0.25) is 17.8 Å². The van der Waals surface area contributed by atoms with Crippen molar-refractivity contribution in [2.45, 2.75) is 38.2 Å². The maximum Gasteiger partial charge on any atom is 0.277 e. The fourth-order valence-electron chi connectivity index (χ4n) is 3.24. The van der Waals surface area contributed by atoms with E-state index in [9.17, 15) is 0 Å². The number of nitrogens with two attached hydrogens (primary N) is 1. The van der Waals surface area contributed by atoms with Gasteiger partial charge in [-0.1, -0.05) is 54.1 Å². The second-order valence-corrected chi connectivity index (χ2v) is 8.03. The molecular formula is C22H23N7OS. The number of hydrogen-bond donors (Lipinski definition) is 2. The summed E-state index contributed by atoms with van der Waals surface area (Å²) in [6.45, 7) is 6.18. The van der Waals surface area contributed by atoms with Crippen LogP contribution in [0.1, 0.15) is 29.4 Å². The van der Waals surface area contributed by atoms with E-state index in [-0.39, 0.29) is 5.95 Å². The van der Waals surface area contributed by atoms with Gasteiger partial charge in [0.05, 0.1) is 5.75 Å². The lowest BCUT2D eigenvalue weighted by Gasteiger charge is -2.10. The average molecular weight is 434 g/mol. The quantitative estimate of drug-likeness (QED) is 0.399. The Morgan fingerprint density at radius 1 is 1.00 bits per heavy atom. The molecule has 0 aliphatic heterocycles. The minimum Gasteiger partial charge on any atom is -0.411 e. The molecule has 0 bridgehead atoms. The van der Waals surface area contributed by atoms with Crippen molar-refractivity contribution in [2.75, 3.05) is 11.1 Å². The molecule has 0 saturated carbocycles. The van der Waals surface area contributed by atoms with E-state index in [0.717, 1.165) is 28.8 Å². The van der Waals surface area contributed by atoms with E-state index in [2.05, 4.69) is 49.5 Å². The van der Waals surface area contributed by atoms with E-state index in [1.165, 1.54) is 17.3 Å². The van der Waals surface area contributed by atoms with Crippen LogP contribution in [0, 0.1) is 13.8 Å². The first-order chi connectivity index (χ1) is 15.0. The Labute approximate surface area is 184 Å². The SMILES string of the molecule is CCc1ccccc1Nc1nc(N)nc(CSc2nnc(-c3cc(C)cc(C)c3)o2)n1. The molecule has 4 aromatic rings. The van der Waals surface area contributed by atoms with Gasteiger partial charge in [-0.2, -0.15) is 15.0 Å². The normalized spacial score (nSPS) is 10.9. The topological polar surface area (TPSA) is 116 Å². The summed E-state index contributed by atoms with van der Waals surface area (Å²) < 4.78 is 5.81. The van der Waals surface area contributed by atoms with Crippen LogP contribution in [0.2, 0.25) is 0 Å². The third kappa shape index (κ3) is 5.18. The molecule has 158 valence electrons. The predicted octanol–water partition coefficient (Wildman–Crippen LogP) is 4.72. The second-order valence-electron chi connectivity index (χ2n) is 7.11. The van der Waals surface area contributed by atoms with E-state index in [4.69, 9.17) is 10.2 Å². The van der Waals surface area contributed by atoms with Gasteiger partial charge in [0.25, 0.3) is 5.22 Å². The number of nitrogens with zero attached hydrogens (tertiary/aromatic N) is 5. The summed E-state index contributed by atoms with van der Waals surface area (Å²) in [5.74, 6) is 2.00. The van der Waals surface area contributed by atoms with Gasteiger partial charge in [-0.25, -0.2) is 0 Å². The zero-order valence-corrected chi connectivity index (χ0v) is 18.4. The molecule has 0 fully saturated rings. The van der Waals surface area contributed by atoms with Crippen molar-refractivity contribution in [1.29, 1.82) is 0 Å². The number of benzene rings is 2. The number of aromatic nitrogens is 5. The van der Waals surface area contributed by atoms with E-state index in [1.807, 2.05) is 44.2 Å².